The predicted molar refractivity (Wildman–Crippen MR) is 93.1 cm³/mol. The van der Waals surface area contributed by atoms with Crippen molar-refractivity contribution in [2.75, 3.05) is 39.0 Å². The van der Waals surface area contributed by atoms with Crippen molar-refractivity contribution < 1.29 is 18.0 Å². The highest BCUT2D eigenvalue weighted by Gasteiger charge is 2.33. The molecule has 0 aromatic heterocycles. The van der Waals surface area contributed by atoms with Crippen LogP contribution in [0.15, 0.2) is 29.2 Å². The molecule has 1 atom stereocenters. The van der Waals surface area contributed by atoms with Gasteiger partial charge < -0.3 is 15.1 Å². The van der Waals surface area contributed by atoms with Crippen LogP contribution in [-0.4, -0.2) is 75.1 Å². The second kappa shape index (κ2) is 7.13. The normalized spacial score (nSPS) is 22.1. The van der Waals surface area contributed by atoms with Crippen molar-refractivity contribution in [1.82, 2.24) is 15.1 Å². The third kappa shape index (κ3) is 3.85. The molecule has 0 saturated carbocycles. The van der Waals surface area contributed by atoms with Crippen LogP contribution in [0.4, 0.5) is 0 Å². The number of nitrogens with one attached hydrogen (secondary N) is 1. The Kier molecular flexibility index (Phi) is 5.10. The van der Waals surface area contributed by atoms with Gasteiger partial charge >= 0.3 is 0 Å². The average Bonchev–Trinajstić information content (AvgIpc) is 2.61. The Bertz CT molecular complexity index is 778. The van der Waals surface area contributed by atoms with Gasteiger partial charge in [0.1, 0.15) is 0 Å². The van der Waals surface area contributed by atoms with E-state index in [-0.39, 0.29) is 28.3 Å². The molecule has 1 aromatic rings. The minimum atomic E-state index is -3.48. The summed E-state index contributed by atoms with van der Waals surface area (Å²) in [5, 5.41) is 3.05. The lowest BCUT2D eigenvalue weighted by Crippen LogP contribution is -2.57. The maximum Gasteiger partial charge on any atom is 0.255 e. The topological polar surface area (TPSA) is 86.8 Å². The van der Waals surface area contributed by atoms with Crippen molar-refractivity contribution in [3.63, 3.8) is 0 Å². The molecule has 2 fully saturated rings. The zero-order chi connectivity index (χ0) is 18.0. The predicted octanol–water partition coefficient (Wildman–Crippen LogP) is 0.127. The first kappa shape index (κ1) is 17.9. The molecule has 0 spiro atoms. The number of likely N-dealkylation sites (tertiary alicyclic amines) is 1. The maximum atomic E-state index is 12.9. The van der Waals surface area contributed by atoms with Gasteiger partial charge in [0.15, 0.2) is 9.84 Å². The zero-order valence-corrected chi connectivity index (χ0v) is 15.1. The number of carbonyl (C=O) groups excluding carboxylic acids is 2. The number of carbonyl (C=O) groups is 2. The highest BCUT2D eigenvalue weighted by Crippen LogP contribution is 2.22. The Balaban J connectivity index is 1.80. The Morgan fingerprint density at radius 2 is 2.00 bits per heavy atom. The molecule has 0 radical (unpaired) electrons. The minimum Gasteiger partial charge on any atom is -0.337 e. The molecule has 1 unspecified atom stereocenters. The molecule has 0 bridgehead atoms. The lowest BCUT2D eigenvalue weighted by atomic mass is 10.0. The van der Waals surface area contributed by atoms with Crippen LogP contribution in [-0.2, 0) is 14.6 Å². The molecular weight excluding hydrogens is 342 g/mol. The molecule has 2 aliphatic heterocycles. The van der Waals surface area contributed by atoms with Crippen molar-refractivity contribution in [3.8, 4) is 0 Å². The Morgan fingerprint density at radius 3 is 2.72 bits per heavy atom. The third-order valence-electron chi connectivity index (χ3n) is 4.77. The molecule has 2 saturated heterocycles. The van der Waals surface area contributed by atoms with Crippen molar-refractivity contribution in [3.05, 3.63) is 29.8 Å². The second-order valence-corrected chi connectivity index (χ2v) is 8.56. The molecule has 8 heteroatoms. The fourth-order valence-corrected chi connectivity index (χ4v) is 4.42. The van der Waals surface area contributed by atoms with E-state index in [4.69, 9.17) is 0 Å². The van der Waals surface area contributed by atoms with E-state index in [1.807, 2.05) is 4.90 Å². The summed E-state index contributed by atoms with van der Waals surface area (Å²) in [6.07, 6.45) is 2.77. The number of piperidine rings is 1. The van der Waals surface area contributed by atoms with Gasteiger partial charge in [-0.25, -0.2) is 8.42 Å². The quantitative estimate of drug-likeness (QED) is 0.823. The van der Waals surface area contributed by atoms with E-state index in [2.05, 4.69) is 5.32 Å². The molecule has 25 heavy (non-hydrogen) atoms. The lowest BCUT2D eigenvalue weighted by molar-refractivity contribution is -0.135. The number of nitrogens with zero attached hydrogens (tertiary/aromatic N) is 2. The summed E-state index contributed by atoms with van der Waals surface area (Å²) in [7, 11) is -3.48. The molecular formula is C17H23N3O4S. The largest absolute Gasteiger partial charge is 0.337 e. The summed E-state index contributed by atoms with van der Waals surface area (Å²) >= 11 is 0. The summed E-state index contributed by atoms with van der Waals surface area (Å²) in [6.45, 7) is 2.76. The van der Waals surface area contributed by atoms with Gasteiger partial charge in [0.25, 0.3) is 5.91 Å². The van der Waals surface area contributed by atoms with Crippen LogP contribution in [0.2, 0.25) is 0 Å². The number of sulfone groups is 1. The summed E-state index contributed by atoms with van der Waals surface area (Å²) in [5.41, 5.74) is 0.206. The van der Waals surface area contributed by atoms with Gasteiger partial charge in [-0.05, 0) is 25.0 Å². The Hall–Kier alpha value is -1.93. The van der Waals surface area contributed by atoms with E-state index in [1.165, 1.54) is 6.07 Å². The highest BCUT2D eigenvalue weighted by molar-refractivity contribution is 7.90. The summed E-state index contributed by atoms with van der Waals surface area (Å²) in [6, 6.07) is 6.30. The van der Waals surface area contributed by atoms with E-state index in [0.29, 0.717) is 26.2 Å². The first-order chi connectivity index (χ1) is 11.9. The van der Waals surface area contributed by atoms with Crippen LogP contribution in [0.25, 0.3) is 0 Å². The van der Waals surface area contributed by atoms with Crippen LogP contribution in [0, 0.1) is 0 Å². The molecule has 2 aliphatic rings. The van der Waals surface area contributed by atoms with Crippen molar-refractivity contribution in [2.24, 2.45) is 0 Å². The number of rotatable bonds is 3. The molecule has 7 nitrogen and oxygen atoms in total. The van der Waals surface area contributed by atoms with Crippen LogP contribution >= 0.6 is 0 Å². The Morgan fingerprint density at radius 1 is 1.24 bits per heavy atom. The number of hydrogen-bond acceptors (Lipinski definition) is 5. The number of hydrogen-bond donors (Lipinski definition) is 1. The fraction of sp³-hybridized carbons (Fsp3) is 0.529. The number of piperazine rings is 1. The fourth-order valence-electron chi connectivity index (χ4n) is 3.54. The standard InChI is InChI=1S/C17H23N3O4S/c1-25(23,24)15-7-3-2-6-14(15)17(22)19-9-4-5-13(12-19)20-10-8-18-11-16(20)21/h2-3,6-7,13,18H,4-5,8-12H2,1H3. The van der Waals surface area contributed by atoms with E-state index in [0.717, 1.165) is 25.6 Å². The number of benzene rings is 1. The molecule has 1 aromatic carbocycles. The van der Waals surface area contributed by atoms with Gasteiger partial charge in [-0.2, -0.15) is 0 Å². The lowest BCUT2D eigenvalue weighted by Gasteiger charge is -2.41. The van der Waals surface area contributed by atoms with Crippen LogP contribution in [0.1, 0.15) is 23.2 Å². The van der Waals surface area contributed by atoms with Gasteiger partial charge in [-0.3, -0.25) is 9.59 Å². The maximum absolute atomic E-state index is 12.9. The van der Waals surface area contributed by atoms with Gasteiger partial charge in [0.2, 0.25) is 5.91 Å². The molecule has 2 amide bonds. The van der Waals surface area contributed by atoms with Crippen molar-refractivity contribution in [2.45, 2.75) is 23.8 Å². The average molecular weight is 365 g/mol. The van der Waals surface area contributed by atoms with Gasteiger partial charge in [-0.15, -0.1) is 0 Å². The van der Waals surface area contributed by atoms with E-state index < -0.39 is 9.84 Å². The van der Waals surface area contributed by atoms with E-state index in [9.17, 15) is 18.0 Å². The smallest absolute Gasteiger partial charge is 0.255 e. The van der Waals surface area contributed by atoms with Crippen molar-refractivity contribution >= 4 is 21.7 Å². The SMILES string of the molecule is CS(=O)(=O)c1ccccc1C(=O)N1CCCC(N2CCNCC2=O)C1. The van der Waals surface area contributed by atoms with Crippen LogP contribution in [0.3, 0.4) is 0 Å². The van der Waals surface area contributed by atoms with Gasteiger partial charge in [0, 0.05) is 38.5 Å². The van der Waals surface area contributed by atoms with Gasteiger partial charge in [-0.1, -0.05) is 12.1 Å². The second-order valence-electron chi connectivity index (χ2n) is 6.58. The highest BCUT2D eigenvalue weighted by atomic mass is 32.2. The third-order valence-corrected chi connectivity index (χ3v) is 5.92. The first-order valence-corrected chi connectivity index (χ1v) is 10.4. The van der Waals surface area contributed by atoms with Crippen molar-refractivity contribution in [1.29, 1.82) is 0 Å². The first-order valence-electron chi connectivity index (χ1n) is 8.46. The Labute approximate surface area is 147 Å². The molecule has 2 heterocycles. The summed E-state index contributed by atoms with van der Waals surface area (Å²) in [5.74, 6) is -0.226. The van der Waals surface area contributed by atoms with Gasteiger partial charge in [0.05, 0.1) is 17.0 Å². The molecule has 1 N–H and O–H groups in total. The monoisotopic (exact) mass is 365 g/mol. The molecule has 0 aliphatic carbocycles. The zero-order valence-electron chi connectivity index (χ0n) is 14.3. The summed E-state index contributed by atoms with van der Waals surface area (Å²) < 4.78 is 23.9. The van der Waals surface area contributed by atoms with E-state index in [1.54, 1.807) is 23.1 Å². The number of amides is 2. The van der Waals surface area contributed by atoms with Crippen LogP contribution < -0.4 is 5.32 Å². The molecule has 3 rings (SSSR count). The van der Waals surface area contributed by atoms with Crippen LogP contribution in [0.5, 0.6) is 0 Å². The minimum absolute atomic E-state index is 0.00213. The summed E-state index contributed by atoms with van der Waals surface area (Å²) in [4.78, 5) is 28.6. The van der Waals surface area contributed by atoms with E-state index >= 15 is 0 Å². The molecule has 136 valence electrons.